The molecule has 102 valence electrons. The summed E-state index contributed by atoms with van der Waals surface area (Å²) in [5.41, 5.74) is 10.0. The first-order valence-corrected chi connectivity index (χ1v) is 6.73. The molecule has 4 heteroatoms. The number of nitrogens with zero attached hydrogens (tertiary/aromatic N) is 2. The van der Waals surface area contributed by atoms with E-state index in [0.29, 0.717) is 0 Å². The molecule has 0 unspecified atom stereocenters. The lowest BCUT2D eigenvalue weighted by atomic mass is 10.1. The van der Waals surface area contributed by atoms with Crippen molar-refractivity contribution >= 4 is 17.2 Å². The summed E-state index contributed by atoms with van der Waals surface area (Å²) < 4.78 is 1.93. The van der Waals surface area contributed by atoms with E-state index < -0.39 is 0 Å². The summed E-state index contributed by atoms with van der Waals surface area (Å²) in [4.78, 5) is 0. The number of anilines is 3. The van der Waals surface area contributed by atoms with Gasteiger partial charge >= 0.3 is 0 Å². The van der Waals surface area contributed by atoms with Crippen LogP contribution in [-0.4, -0.2) is 9.78 Å². The van der Waals surface area contributed by atoms with Gasteiger partial charge in [-0.3, -0.25) is 0 Å². The molecule has 1 aromatic carbocycles. The molecule has 0 fully saturated rings. The van der Waals surface area contributed by atoms with Crippen molar-refractivity contribution in [2.45, 2.75) is 40.2 Å². The molecule has 2 aromatic rings. The van der Waals surface area contributed by atoms with Crippen LogP contribution in [0.25, 0.3) is 0 Å². The summed E-state index contributed by atoms with van der Waals surface area (Å²) in [5.74, 6) is 0.876. The summed E-state index contributed by atoms with van der Waals surface area (Å²) in [7, 11) is 0. The van der Waals surface area contributed by atoms with Crippen molar-refractivity contribution in [1.82, 2.24) is 9.78 Å². The molecule has 0 atom stereocenters. The van der Waals surface area contributed by atoms with Gasteiger partial charge in [-0.1, -0.05) is 19.1 Å². The van der Waals surface area contributed by atoms with Crippen molar-refractivity contribution in [3.05, 3.63) is 35.5 Å². The van der Waals surface area contributed by atoms with E-state index in [1.807, 2.05) is 17.7 Å². The third kappa shape index (κ3) is 2.72. The van der Waals surface area contributed by atoms with Crippen LogP contribution in [0, 0.1) is 6.92 Å². The predicted molar refractivity (Wildman–Crippen MR) is 80.9 cm³/mol. The monoisotopic (exact) mass is 258 g/mol. The molecule has 0 radical (unpaired) electrons. The molecule has 1 aromatic heterocycles. The Hall–Kier alpha value is -1.97. The van der Waals surface area contributed by atoms with Gasteiger partial charge in [0.25, 0.3) is 0 Å². The summed E-state index contributed by atoms with van der Waals surface area (Å²) in [6.07, 6.45) is 1.02. The van der Waals surface area contributed by atoms with Gasteiger partial charge in [0.1, 0.15) is 0 Å². The smallest absolute Gasteiger partial charge is 0.152 e. The minimum absolute atomic E-state index is 0.271. The van der Waals surface area contributed by atoms with Crippen LogP contribution in [0.5, 0.6) is 0 Å². The van der Waals surface area contributed by atoms with Gasteiger partial charge in [0, 0.05) is 11.7 Å². The van der Waals surface area contributed by atoms with Crippen molar-refractivity contribution in [2.75, 3.05) is 11.1 Å². The molecule has 4 nitrogen and oxygen atoms in total. The zero-order valence-corrected chi connectivity index (χ0v) is 12.1. The fourth-order valence-corrected chi connectivity index (χ4v) is 2.06. The molecule has 1 heterocycles. The number of aromatic nitrogens is 2. The maximum absolute atomic E-state index is 6.11. The summed E-state index contributed by atoms with van der Waals surface area (Å²) in [6, 6.07) is 8.64. The topological polar surface area (TPSA) is 55.9 Å². The normalized spacial score (nSPS) is 11.0. The molecule has 19 heavy (non-hydrogen) atoms. The highest BCUT2D eigenvalue weighted by atomic mass is 15.4. The van der Waals surface area contributed by atoms with Crippen molar-refractivity contribution in [3.63, 3.8) is 0 Å². The SMILES string of the molecule is CCc1cccc(Nc2c(N)c(C)nn2C(C)C)c1. The van der Waals surface area contributed by atoms with Crippen LogP contribution in [0.2, 0.25) is 0 Å². The molecule has 0 aliphatic heterocycles. The van der Waals surface area contributed by atoms with Gasteiger partial charge in [0.2, 0.25) is 0 Å². The Balaban J connectivity index is 2.37. The number of nitrogen functional groups attached to an aromatic ring is 1. The van der Waals surface area contributed by atoms with E-state index in [9.17, 15) is 0 Å². The molecule has 0 saturated heterocycles. The fraction of sp³-hybridized carbons (Fsp3) is 0.400. The second-order valence-corrected chi connectivity index (χ2v) is 5.06. The van der Waals surface area contributed by atoms with Crippen LogP contribution in [0.4, 0.5) is 17.2 Å². The van der Waals surface area contributed by atoms with Crippen molar-refractivity contribution in [3.8, 4) is 0 Å². The first-order chi connectivity index (χ1) is 9.02. The van der Waals surface area contributed by atoms with Crippen LogP contribution in [0.15, 0.2) is 24.3 Å². The average Bonchev–Trinajstić information content (AvgIpc) is 2.67. The number of hydrogen-bond donors (Lipinski definition) is 2. The maximum Gasteiger partial charge on any atom is 0.152 e. The van der Waals surface area contributed by atoms with Gasteiger partial charge in [0.05, 0.1) is 11.4 Å². The Morgan fingerprint density at radius 2 is 2.11 bits per heavy atom. The van der Waals surface area contributed by atoms with E-state index in [2.05, 4.69) is 49.4 Å². The Morgan fingerprint density at radius 1 is 1.37 bits per heavy atom. The molecular formula is C15H22N4. The summed E-state index contributed by atoms with van der Waals surface area (Å²) >= 11 is 0. The van der Waals surface area contributed by atoms with Gasteiger partial charge in [-0.05, 0) is 44.9 Å². The predicted octanol–water partition coefficient (Wildman–Crippen LogP) is 3.66. The number of nitrogens with two attached hydrogens (primary N) is 1. The Kier molecular flexibility index (Phi) is 3.79. The zero-order valence-electron chi connectivity index (χ0n) is 12.1. The quantitative estimate of drug-likeness (QED) is 0.880. The second kappa shape index (κ2) is 5.34. The third-order valence-electron chi connectivity index (χ3n) is 3.22. The molecular weight excluding hydrogens is 236 g/mol. The van der Waals surface area contributed by atoms with Crippen LogP contribution < -0.4 is 11.1 Å². The standard InChI is InChI=1S/C15H22N4/c1-5-12-7-6-8-13(9-12)17-15-14(16)11(4)18-19(15)10(2)3/h6-10,17H,5,16H2,1-4H3. The first-order valence-electron chi connectivity index (χ1n) is 6.73. The fourth-order valence-electron chi connectivity index (χ4n) is 2.06. The van der Waals surface area contributed by atoms with Crippen LogP contribution >= 0.6 is 0 Å². The zero-order chi connectivity index (χ0) is 14.0. The Bertz CT molecular complexity index is 570. The number of hydrogen-bond acceptors (Lipinski definition) is 3. The molecule has 3 N–H and O–H groups in total. The molecule has 2 rings (SSSR count). The minimum Gasteiger partial charge on any atom is -0.394 e. The van der Waals surface area contributed by atoms with Crippen molar-refractivity contribution in [2.24, 2.45) is 0 Å². The molecule has 0 aliphatic carbocycles. The number of rotatable bonds is 4. The van der Waals surface area contributed by atoms with Gasteiger partial charge in [-0.25, -0.2) is 4.68 Å². The minimum atomic E-state index is 0.271. The lowest BCUT2D eigenvalue weighted by Crippen LogP contribution is -2.08. The van der Waals surface area contributed by atoms with E-state index in [4.69, 9.17) is 5.73 Å². The lowest BCUT2D eigenvalue weighted by molar-refractivity contribution is 0.536. The number of benzene rings is 1. The third-order valence-corrected chi connectivity index (χ3v) is 3.22. The summed E-state index contributed by atoms with van der Waals surface area (Å²) in [5, 5.41) is 7.87. The lowest BCUT2D eigenvalue weighted by Gasteiger charge is -2.14. The number of nitrogens with one attached hydrogen (secondary N) is 1. The molecule has 0 saturated carbocycles. The first kappa shape index (κ1) is 13.5. The van der Waals surface area contributed by atoms with Gasteiger partial charge in [-0.2, -0.15) is 5.10 Å². The summed E-state index contributed by atoms with van der Waals surface area (Å²) in [6.45, 7) is 8.27. The Morgan fingerprint density at radius 3 is 2.74 bits per heavy atom. The van der Waals surface area contributed by atoms with Crippen LogP contribution in [-0.2, 0) is 6.42 Å². The van der Waals surface area contributed by atoms with Gasteiger partial charge in [0.15, 0.2) is 5.82 Å². The van der Waals surface area contributed by atoms with Crippen LogP contribution in [0.3, 0.4) is 0 Å². The number of aryl methyl sites for hydroxylation is 2. The Labute approximate surface area is 114 Å². The maximum atomic E-state index is 6.11. The molecule has 0 aliphatic rings. The van der Waals surface area contributed by atoms with Crippen molar-refractivity contribution < 1.29 is 0 Å². The van der Waals surface area contributed by atoms with E-state index >= 15 is 0 Å². The highest BCUT2D eigenvalue weighted by Crippen LogP contribution is 2.28. The molecule has 0 amide bonds. The van der Waals surface area contributed by atoms with E-state index in [1.165, 1.54) is 5.56 Å². The van der Waals surface area contributed by atoms with Crippen molar-refractivity contribution in [1.29, 1.82) is 0 Å². The second-order valence-electron chi connectivity index (χ2n) is 5.06. The highest BCUT2D eigenvalue weighted by molar-refractivity contribution is 5.71. The molecule has 0 bridgehead atoms. The van der Waals surface area contributed by atoms with E-state index in [1.54, 1.807) is 0 Å². The highest BCUT2D eigenvalue weighted by Gasteiger charge is 2.14. The van der Waals surface area contributed by atoms with E-state index in [0.717, 1.165) is 29.3 Å². The van der Waals surface area contributed by atoms with Gasteiger partial charge < -0.3 is 11.1 Å². The van der Waals surface area contributed by atoms with Crippen LogP contribution in [0.1, 0.15) is 38.1 Å². The molecule has 0 spiro atoms. The largest absolute Gasteiger partial charge is 0.394 e. The van der Waals surface area contributed by atoms with Gasteiger partial charge in [-0.15, -0.1) is 0 Å². The van der Waals surface area contributed by atoms with E-state index in [-0.39, 0.29) is 6.04 Å². The average molecular weight is 258 g/mol.